The number of halogens is 1. The van der Waals surface area contributed by atoms with Gasteiger partial charge < -0.3 is 4.90 Å². The first kappa shape index (κ1) is 9.32. The average Bonchev–Trinajstić information content (AvgIpc) is 2.57. The Hall–Kier alpha value is -0.240. The summed E-state index contributed by atoms with van der Waals surface area (Å²) in [6.45, 7) is 6.09. The lowest BCUT2D eigenvalue weighted by Crippen LogP contribution is -2.51. The van der Waals surface area contributed by atoms with E-state index in [1.54, 1.807) is 0 Å². The molecule has 13 heavy (non-hydrogen) atoms. The van der Waals surface area contributed by atoms with Gasteiger partial charge in [-0.15, -0.1) is 11.6 Å². The van der Waals surface area contributed by atoms with Gasteiger partial charge in [0.15, 0.2) is 0 Å². The van der Waals surface area contributed by atoms with Gasteiger partial charge in [0, 0.05) is 30.8 Å². The van der Waals surface area contributed by atoms with Crippen LogP contribution in [0.1, 0.15) is 20.3 Å². The van der Waals surface area contributed by atoms with E-state index in [4.69, 9.17) is 11.6 Å². The molecular weight excluding hydrogens is 186 g/mol. The number of carbonyl (C=O) groups excluding carboxylic acids is 1. The molecule has 0 aromatic carbocycles. The highest BCUT2D eigenvalue weighted by Crippen LogP contribution is 2.52. The molecule has 0 radical (unpaired) electrons. The minimum absolute atomic E-state index is 0.267. The van der Waals surface area contributed by atoms with Crippen LogP contribution in [-0.2, 0) is 4.79 Å². The van der Waals surface area contributed by atoms with Gasteiger partial charge in [0.2, 0.25) is 5.91 Å². The van der Waals surface area contributed by atoms with E-state index in [1.165, 1.54) is 0 Å². The maximum absolute atomic E-state index is 11.7. The van der Waals surface area contributed by atoms with E-state index < -0.39 is 0 Å². The molecule has 1 aliphatic heterocycles. The summed E-state index contributed by atoms with van der Waals surface area (Å²) in [5, 5.41) is 0. The van der Waals surface area contributed by atoms with E-state index >= 15 is 0 Å². The fourth-order valence-corrected chi connectivity index (χ4v) is 2.15. The average molecular weight is 202 g/mol. The first-order chi connectivity index (χ1) is 6.04. The van der Waals surface area contributed by atoms with Gasteiger partial charge in [-0.2, -0.15) is 0 Å². The fourth-order valence-electron chi connectivity index (χ4n) is 1.96. The Morgan fingerprint density at radius 3 is 2.46 bits per heavy atom. The number of amides is 1. The molecule has 74 valence electrons. The molecule has 2 fully saturated rings. The van der Waals surface area contributed by atoms with Crippen molar-refractivity contribution in [3.05, 3.63) is 0 Å². The second kappa shape index (κ2) is 2.88. The van der Waals surface area contributed by atoms with E-state index in [9.17, 15) is 4.79 Å². The van der Waals surface area contributed by atoms with Gasteiger partial charge in [-0.05, 0) is 11.8 Å². The van der Waals surface area contributed by atoms with Crippen LogP contribution in [0.4, 0.5) is 0 Å². The van der Waals surface area contributed by atoms with E-state index in [2.05, 4.69) is 13.8 Å². The van der Waals surface area contributed by atoms with Crippen molar-refractivity contribution in [2.75, 3.05) is 19.0 Å². The highest BCUT2D eigenvalue weighted by atomic mass is 35.5. The van der Waals surface area contributed by atoms with E-state index in [0.717, 1.165) is 19.5 Å². The number of hydrogen-bond donors (Lipinski definition) is 0. The van der Waals surface area contributed by atoms with Crippen LogP contribution in [0, 0.1) is 17.3 Å². The Morgan fingerprint density at radius 2 is 2.08 bits per heavy atom. The van der Waals surface area contributed by atoms with Crippen LogP contribution in [0.2, 0.25) is 0 Å². The first-order valence-corrected chi connectivity index (χ1v) is 5.43. The van der Waals surface area contributed by atoms with E-state index in [1.807, 2.05) is 4.90 Å². The van der Waals surface area contributed by atoms with Gasteiger partial charge >= 0.3 is 0 Å². The minimum Gasteiger partial charge on any atom is -0.342 e. The van der Waals surface area contributed by atoms with Crippen LogP contribution in [-0.4, -0.2) is 29.8 Å². The molecule has 2 aliphatic rings. The first-order valence-electron chi connectivity index (χ1n) is 4.89. The number of hydrogen-bond acceptors (Lipinski definition) is 1. The van der Waals surface area contributed by atoms with Crippen LogP contribution in [0.5, 0.6) is 0 Å². The van der Waals surface area contributed by atoms with Crippen LogP contribution in [0.25, 0.3) is 0 Å². The molecule has 1 aliphatic carbocycles. The van der Waals surface area contributed by atoms with Gasteiger partial charge in [-0.3, -0.25) is 4.79 Å². The SMILES string of the molecule is CC1(C)CC1C(=O)N1CC(CCl)C1. The van der Waals surface area contributed by atoms with Crippen LogP contribution < -0.4 is 0 Å². The minimum atomic E-state index is 0.267. The van der Waals surface area contributed by atoms with Crippen molar-refractivity contribution >= 4 is 17.5 Å². The Kier molecular flexibility index (Phi) is 2.06. The summed E-state index contributed by atoms with van der Waals surface area (Å²) in [6, 6.07) is 0. The standard InChI is InChI=1S/C10H16ClNO/c1-10(2)3-8(10)9(13)12-5-7(4-11)6-12/h7-8H,3-6H2,1-2H3. The van der Waals surface area contributed by atoms with Crippen molar-refractivity contribution < 1.29 is 4.79 Å². The second-order valence-electron chi connectivity index (χ2n) is 5.01. The number of rotatable bonds is 2. The second-order valence-corrected chi connectivity index (χ2v) is 5.32. The van der Waals surface area contributed by atoms with Gasteiger partial charge in [0.1, 0.15) is 0 Å². The summed E-state index contributed by atoms with van der Waals surface area (Å²) in [5.41, 5.74) is 0.267. The van der Waals surface area contributed by atoms with Crippen LogP contribution in [0.15, 0.2) is 0 Å². The number of likely N-dealkylation sites (tertiary alicyclic amines) is 1. The topological polar surface area (TPSA) is 20.3 Å². The van der Waals surface area contributed by atoms with Crippen LogP contribution >= 0.6 is 11.6 Å². The molecular formula is C10H16ClNO. The zero-order valence-corrected chi connectivity index (χ0v) is 8.97. The molecule has 0 aromatic rings. The Morgan fingerprint density at radius 1 is 1.54 bits per heavy atom. The number of alkyl halides is 1. The lowest BCUT2D eigenvalue weighted by molar-refractivity contribution is -0.139. The Labute approximate surface area is 84.2 Å². The summed E-state index contributed by atoms with van der Waals surface area (Å²) in [5.74, 6) is 1.89. The maximum Gasteiger partial charge on any atom is 0.226 e. The zero-order chi connectivity index (χ0) is 9.64. The fraction of sp³-hybridized carbons (Fsp3) is 0.900. The quantitative estimate of drug-likeness (QED) is 0.624. The zero-order valence-electron chi connectivity index (χ0n) is 8.22. The summed E-state index contributed by atoms with van der Waals surface area (Å²) in [6.07, 6.45) is 1.06. The largest absolute Gasteiger partial charge is 0.342 e. The van der Waals surface area contributed by atoms with Crippen LogP contribution in [0.3, 0.4) is 0 Å². The monoisotopic (exact) mass is 201 g/mol. The molecule has 1 amide bonds. The molecule has 1 atom stereocenters. The highest BCUT2D eigenvalue weighted by Gasteiger charge is 2.53. The van der Waals surface area contributed by atoms with E-state index in [0.29, 0.717) is 23.6 Å². The smallest absolute Gasteiger partial charge is 0.226 e. The van der Waals surface area contributed by atoms with Crippen molar-refractivity contribution in [3.63, 3.8) is 0 Å². The molecule has 0 bridgehead atoms. The molecule has 0 aromatic heterocycles. The highest BCUT2D eigenvalue weighted by molar-refractivity contribution is 6.18. The molecule has 1 saturated heterocycles. The molecule has 1 heterocycles. The summed E-state index contributed by atoms with van der Waals surface area (Å²) < 4.78 is 0. The molecule has 1 saturated carbocycles. The molecule has 3 heteroatoms. The lowest BCUT2D eigenvalue weighted by Gasteiger charge is -2.38. The third-order valence-electron chi connectivity index (χ3n) is 3.30. The van der Waals surface area contributed by atoms with Crippen molar-refractivity contribution in [2.45, 2.75) is 20.3 Å². The Balaban J connectivity index is 1.81. The van der Waals surface area contributed by atoms with E-state index in [-0.39, 0.29) is 5.41 Å². The molecule has 2 nitrogen and oxygen atoms in total. The number of nitrogens with zero attached hydrogens (tertiary/aromatic N) is 1. The molecule has 0 spiro atoms. The Bertz CT molecular complexity index is 233. The van der Waals surface area contributed by atoms with Crippen molar-refractivity contribution in [3.8, 4) is 0 Å². The summed E-state index contributed by atoms with van der Waals surface area (Å²) >= 11 is 5.69. The summed E-state index contributed by atoms with van der Waals surface area (Å²) in [7, 11) is 0. The number of carbonyl (C=O) groups is 1. The predicted molar refractivity (Wildman–Crippen MR) is 52.7 cm³/mol. The van der Waals surface area contributed by atoms with Crippen molar-refractivity contribution in [1.82, 2.24) is 4.90 Å². The normalized spacial score (nSPS) is 31.3. The third-order valence-corrected chi connectivity index (χ3v) is 3.74. The van der Waals surface area contributed by atoms with Crippen molar-refractivity contribution in [1.29, 1.82) is 0 Å². The third kappa shape index (κ3) is 1.56. The molecule has 1 unspecified atom stereocenters. The van der Waals surface area contributed by atoms with Gasteiger partial charge in [0.05, 0.1) is 0 Å². The van der Waals surface area contributed by atoms with Gasteiger partial charge in [-0.1, -0.05) is 13.8 Å². The lowest BCUT2D eigenvalue weighted by atomic mass is 10.0. The summed E-state index contributed by atoms with van der Waals surface area (Å²) in [4.78, 5) is 13.7. The molecule has 0 N–H and O–H groups in total. The van der Waals surface area contributed by atoms with Crippen molar-refractivity contribution in [2.24, 2.45) is 17.3 Å². The molecule has 2 rings (SSSR count). The predicted octanol–water partition coefficient (Wildman–Crippen LogP) is 1.73. The van der Waals surface area contributed by atoms with Gasteiger partial charge in [-0.25, -0.2) is 0 Å². The van der Waals surface area contributed by atoms with Gasteiger partial charge in [0.25, 0.3) is 0 Å². The maximum atomic E-state index is 11.7.